The van der Waals surface area contributed by atoms with Gasteiger partial charge in [0.05, 0.1) is 26.4 Å². The number of benzene rings is 3. The minimum absolute atomic E-state index is 0.184. The van der Waals surface area contributed by atoms with E-state index in [-0.39, 0.29) is 19.8 Å². The maximum atomic E-state index is 13.2. The highest BCUT2D eigenvalue weighted by molar-refractivity contribution is 5.61. The van der Waals surface area contributed by atoms with Gasteiger partial charge in [0.1, 0.15) is 23.9 Å². The van der Waals surface area contributed by atoms with Crippen LogP contribution in [-0.2, 0) is 53.0 Å². The Balaban J connectivity index is 1.62. The lowest BCUT2D eigenvalue weighted by Crippen LogP contribution is -2.62. The molecular weight excluding hydrogens is 584 g/mol. The van der Waals surface area contributed by atoms with Crippen LogP contribution in [0.3, 0.4) is 0 Å². The van der Waals surface area contributed by atoms with Gasteiger partial charge in [-0.1, -0.05) is 117 Å². The molecule has 3 aromatic carbocycles. The Morgan fingerprint density at radius 2 is 1.22 bits per heavy atom. The smallest absolute Gasteiger partial charge is 0.429 e. The summed E-state index contributed by atoms with van der Waals surface area (Å²) in [5.74, 6) is 0. The van der Waals surface area contributed by atoms with Crippen molar-refractivity contribution in [1.82, 2.24) is 0 Å². The molecule has 1 aliphatic rings. The number of unbranched alkanes of at least 4 members (excludes halogenated alkanes) is 3. The van der Waals surface area contributed by atoms with Crippen LogP contribution in [-0.4, -0.2) is 55.7 Å². The fourth-order valence-corrected chi connectivity index (χ4v) is 5.17. The highest BCUT2D eigenvalue weighted by Crippen LogP contribution is 2.32. The van der Waals surface area contributed by atoms with Crippen LogP contribution in [0.1, 0.15) is 70.1 Å². The Morgan fingerprint density at radius 3 is 1.76 bits per heavy atom. The number of carbonyl (C=O) groups is 1. The van der Waals surface area contributed by atoms with E-state index in [1.54, 1.807) is 20.8 Å². The monoisotopic (exact) mass is 634 g/mol. The average Bonchev–Trinajstić information content (AvgIpc) is 3.04. The molecule has 0 bridgehead atoms. The highest BCUT2D eigenvalue weighted by atomic mass is 16.8. The van der Waals surface area contributed by atoms with Gasteiger partial charge in [0.2, 0.25) is 0 Å². The van der Waals surface area contributed by atoms with E-state index in [0.29, 0.717) is 13.2 Å². The second kappa shape index (κ2) is 18.8. The Morgan fingerprint density at radius 1 is 0.674 bits per heavy atom. The average molecular weight is 635 g/mol. The van der Waals surface area contributed by atoms with Crippen molar-refractivity contribution in [3.63, 3.8) is 0 Å². The summed E-state index contributed by atoms with van der Waals surface area (Å²) < 4.78 is 43.9. The lowest BCUT2D eigenvalue weighted by Gasteiger charge is -2.45. The molecule has 4 rings (SSSR count). The molecule has 8 heteroatoms. The van der Waals surface area contributed by atoms with Gasteiger partial charge in [0.25, 0.3) is 0 Å². The third-order valence-electron chi connectivity index (χ3n) is 7.46. The SMILES string of the molecule is CCCCCCOC1O[C@H](COCc2ccccc2)[C@@H](OCc2ccccc2)[C@@H](OC(=O)OC(C)(C)C)[C@H]1OCc1ccccc1. The zero-order valence-electron chi connectivity index (χ0n) is 27.7. The molecule has 46 heavy (non-hydrogen) atoms. The lowest BCUT2D eigenvalue weighted by molar-refractivity contribution is -0.322. The second-order valence-electron chi connectivity index (χ2n) is 12.5. The molecule has 0 amide bonds. The van der Waals surface area contributed by atoms with Crippen LogP contribution >= 0.6 is 0 Å². The molecule has 1 saturated heterocycles. The molecule has 0 radical (unpaired) electrons. The predicted molar refractivity (Wildman–Crippen MR) is 176 cm³/mol. The van der Waals surface area contributed by atoms with Crippen LogP contribution in [0.4, 0.5) is 4.79 Å². The van der Waals surface area contributed by atoms with Crippen molar-refractivity contribution in [2.24, 2.45) is 0 Å². The summed E-state index contributed by atoms with van der Waals surface area (Å²) in [6, 6.07) is 29.6. The first-order valence-corrected chi connectivity index (χ1v) is 16.4. The van der Waals surface area contributed by atoms with Gasteiger partial charge in [0, 0.05) is 6.61 Å². The summed E-state index contributed by atoms with van der Waals surface area (Å²) in [7, 11) is 0. The first-order valence-electron chi connectivity index (χ1n) is 16.4. The fourth-order valence-electron chi connectivity index (χ4n) is 5.17. The van der Waals surface area contributed by atoms with Crippen molar-refractivity contribution in [3.05, 3.63) is 108 Å². The van der Waals surface area contributed by atoms with E-state index < -0.39 is 42.5 Å². The van der Waals surface area contributed by atoms with Gasteiger partial charge in [-0.25, -0.2) is 4.79 Å². The van der Waals surface area contributed by atoms with Crippen molar-refractivity contribution in [2.75, 3.05) is 13.2 Å². The fraction of sp³-hybridized carbons (Fsp3) is 0.500. The molecule has 1 aliphatic heterocycles. The topological polar surface area (TPSA) is 81.7 Å². The van der Waals surface area contributed by atoms with Crippen molar-refractivity contribution in [2.45, 2.75) is 110 Å². The maximum Gasteiger partial charge on any atom is 0.509 e. The standard InChI is InChI=1S/C38H50O8/c1-5-6-7-17-24-41-36-35(43-27-31-22-15-10-16-23-31)34(45-37(39)46-38(2,3)4)33(42-26-30-20-13-9-14-21-30)32(44-36)28-40-25-29-18-11-8-12-19-29/h8-16,18-23,32-36H,5-7,17,24-28H2,1-4H3/t32-,33-,34-,35-,36?/m1/s1. The third kappa shape index (κ3) is 12.2. The van der Waals surface area contributed by atoms with Crippen molar-refractivity contribution in [1.29, 1.82) is 0 Å². The largest absolute Gasteiger partial charge is 0.509 e. The Hall–Kier alpha value is -3.27. The molecule has 0 N–H and O–H groups in total. The predicted octanol–water partition coefficient (Wildman–Crippen LogP) is 8.02. The number of ether oxygens (including phenoxy) is 7. The van der Waals surface area contributed by atoms with E-state index in [1.807, 2.05) is 91.0 Å². The van der Waals surface area contributed by atoms with E-state index in [0.717, 1.165) is 42.4 Å². The number of hydrogen-bond acceptors (Lipinski definition) is 8. The molecule has 1 unspecified atom stereocenters. The summed E-state index contributed by atoms with van der Waals surface area (Å²) >= 11 is 0. The van der Waals surface area contributed by atoms with Gasteiger partial charge in [-0.15, -0.1) is 0 Å². The minimum atomic E-state index is -0.915. The molecule has 5 atom stereocenters. The number of rotatable bonds is 17. The molecule has 0 saturated carbocycles. The third-order valence-corrected chi connectivity index (χ3v) is 7.46. The molecule has 8 nitrogen and oxygen atoms in total. The van der Waals surface area contributed by atoms with Crippen molar-refractivity contribution in [3.8, 4) is 0 Å². The first kappa shape index (κ1) is 35.6. The Kier molecular flexibility index (Phi) is 14.5. The van der Waals surface area contributed by atoms with Crippen LogP contribution in [0.25, 0.3) is 0 Å². The van der Waals surface area contributed by atoms with Crippen molar-refractivity contribution < 1.29 is 38.0 Å². The number of hydrogen-bond donors (Lipinski definition) is 0. The van der Waals surface area contributed by atoms with Gasteiger partial charge in [-0.2, -0.15) is 0 Å². The van der Waals surface area contributed by atoms with Gasteiger partial charge in [-0.05, 0) is 43.9 Å². The van der Waals surface area contributed by atoms with E-state index >= 15 is 0 Å². The van der Waals surface area contributed by atoms with Crippen LogP contribution in [0, 0.1) is 0 Å². The highest BCUT2D eigenvalue weighted by Gasteiger charge is 2.51. The molecule has 0 spiro atoms. The zero-order valence-corrected chi connectivity index (χ0v) is 27.7. The van der Waals surface area contributed by atoms with Crippen molar-refractivity contribution >= 4 is 6.16 Å². The van der Waals surface area contributed by atoms with Gasteiger partial charge in [-0.3, -0.25) is 0 Å². The van der Waals surface area contributed by atoms with Crippen LogP contribution in [0.15, 0.2) is 91.0 Å². The van der Waals surface area contributed by atoms with Crippen LogP contribution in [0.5, 0.6) is 0 Å². The van der Waals surface area contributed by atoms with E-state index in [2.05, 4.69) is 6.92 Å². The zero-order chi connectivity index (χ0) is 32.6. The lowest BCUT2D eigenvalue weighted by atomic mass is 9.98. The molecule has 1 fully saturated rings. The summed E-state index contributed by atoms with van der Waals surface area (Å²) in [4.78, 5) is 13.2. The summed E-state index contributed by atoms with van der Waals surface area (Å²) in [6.45, 7) is 9.15. The van der Waals surface area contributed by atoms with Gasteiger partial charge in [0.15, 0.2) is 12.4 Å². The summed E-state index contributed by atoms with van der Waals surface area (Å²) in [6.07, 6.45) is -0.573. The van der Waals surface area contributed by atoms with Crippen LogP contribution < -0.4 is 0 Å². The molecular formula is C38H50O8. The second-order valence-corrected chi connectivity index (χ2v) is 12.5. The molecule has 1 heterocycles. The van der Waals surface area contributed by atoms with E-state index in [4.69, 9.17) is 33.2 Å². The van der Waals surface area contributed by atoms with E-state index in [9.17, 15) is 4.79 Å². The normalized spacial score (nSPS) is 21.5. The summed E-state index contributed by atoms with van der Waals surface area (Å²) in [5.41, 5.74) is 2.22. The molecule has 250 valence electrons. The molecule has 0 aliphatic carbocycles. The summed E-state index contributed by atoms with van der Waals surface area (Å²) in [5, 5.41) is 0. The Bertz CT molecular complexity index is 1250. The Labute approximate surface area is 274 Å². The molecule has 0 aromatic heterocycles. The minimum Gasteiger partial charge on any atom is -0.429 e. The van der Waals surface area contributed by atoms with Gasteiger partial charge < -0.3 is 33.2 Å². The molecule has 3 aromatic rings. The van der Waals surface area contributed by atoms with E-state index in [1.165, 1.54) is 0 Å². The quantitative estimate of drug-likeness (QED) is 0.109. The maximum absolute atomic E-state index is 13.2. The first-order chi connectivity index (χ1) is 22.3. The number of carbonyl (C=O) groups excluding carboxylic acids is 1. The van der Waals surface area contributed by atoms with Crippen LogP contribution in [0.2, 0.25) is 0 Å². The van der Waals surface area contributed by atoms with Gasteiger partial charge >= 0.3 is 6.16 Å².